The number of rotatable bonds is 6. The number of hydrogen-bond acceptors (Lipinski definition) is 7. The molecule has 21 heavy (non-hydrogen) atoms. The molecule has 1 saturated carbocycles. The first-order valence-electron chi connectivity index (χ1n) is 7.99. The lowest BCUT2D eigenvalue weighted by atomic mass is 10.1. The number of anilines is 3. The van der Waals surface area contributed by atoms with E-state index in [1.807, 2.05) is 0 Å². The summed E-state index contributed by atoms with van der Waals surface area (Å²) in [5.74, 6) is 8.13. The molecule has 2 fully saturated rings. The zero-order valence-corrected chi connectivity index (χ0v) is 12.7. The molecule has 1 atom stereocenters. The first-order valence-corrected chi connectivity index (χ1v) is 7.99. The first kappa shape index (κ1) is 14.3. The fraction of sp³-hybridized carbons (Fsp3) is 0.786. The van der Waals surface area contributed by atoms with Crippen LogP contribution in [0, 0.1) is 5.92 Å². The number of nitrogens with one attached hydrogen (secondary N) is 2. The molecule has 7 heteroatoms. The monoisotopic (exact) mass is 291 g/mol. The van der Waals surface area contributed by atoms with Gasteiger partial charge in [0.2, 0.25) is 17.8 Å². The summed E-state index contributed by atoms with van der Waals surface area (Å²) in [5.41, 5.74) is 2.54. The summed E-state index contributed by atoms with van der Waals surface area (Å²) in [6, 6.07) is 0.375. The summed E-state index contributed by atoms with van der Waals surface area (Å²) >= 11 is 0. The lowest BCUT2D eigenvalue weighted by Crippen LogP contribution is -2.32. The second kappa shape index (κ2) is 6.43. The predicted octanol–water partition coefficient (Wildman–Crippen LogP) is 1.75. The normalized spacial score (nSPS) is 20.2. The molecule has 0 amide bonds. The Bertz CT molecular complexity index is 468. The van der Waals surface area contributed by atoms with Gasteiger partial charge in [-0.2, -0.15) is 15.0 Å². The van der Waals surface area contributed by atoms with E-state index in [-0.39, 0.29) is 0 Å². The molecule has 7 nitrogen and oxygen atoms in total. The summed E-state index contributed by atoms with van der Waals surface area (Å²) in [7, 11) is 0. The Labute approximate surface area is 125 Å². The molecule has 0 bridgehead atoms. The predicted molar refractivity (Wildman–Crippen MR) is 84.1 cm³/mol. The van der Waals surface area contributed by atoms with E-state index in [1.165, 1.54) is 38.5 Å². The van der Waals surface area contributed by atoms with Crippen LogP contribution in [0.3, 0.4) is 0 Å². The first-order chi connectivity index (χ1) is 10.2. The van der Waals surface area contributed by atoms with Crippen LogP contribution in [0.2, 0.25) is 0 Å². The number of nitrogens with two attached hydrogens (primary N) is 1. The zero-order valence-electron chi connectivity index (χ0n) is 12.7. The van der Waals surface area contributed by atoms with E-state index in [0.717, 1.165) is 25.0 Å². The Balaban J connectivity index is 1.71. The van der Waals surface area contributed by atoms with Gasteiger partial charge in [0.15, 0.2) is 0 Å². The third kappa shape index (κ3) is 3.93. The second-order valence-corrected chi connectivity index (χ2v) is 6.20. The molecule has 1 aliphatic carbocycles. The van der Waals surface area contributed by atoms with Gasteiger partial charge in [0.1, 0.15) is 0 Å². The number of nitrogens with zero attached hydrogens (tertiary/aromatic N) is 4. The van der Waals surface area contributed by atoms with Gasteiger partial charge < -0.3 is 10.2 Å². The summed E-state index contributed by atoms with van der Waals surface area (Å²) in [6.07, 6.45) is 7.56. The number of aromatic nitrogens is 3. The van der Waals surface area contributed by atoms with Crippen LogP contribution in [0.4, 0.5) is 17.8 Å². The molecular formula is C14H25N7. The molecule has 116 valence electrons. The quantitative estimate of drug-likeness (QED) is 0.543. The van der Waals surface area contributed by atoms with Gasteiger partial charge in [0.05, 0.1) is 0 Å². The maximum atomic E-state index is 5.49. The van der Waals surface area contributed by atoms with Crippen LogP contribution in [-0.2, 0) is 0 Å². The van der Waals surface area contributed by atoms with Crippen molar-refractivity contribution < 1.29 is 0 Å². The summed E-state index contributed by atoms with van der Waals surface area (Å²) < 4.78 is 0. The highest BCUT2D eigenvalue weighted by Gasteiger charge is 2.24. The van der Waals surface area contributed by atoms with Gasteiger partial charge in [-0.25, -0.2) is 5.84 Å². The third-order valence-electron chi connectivity index (χ3n) is 4.15. The van der Waals surface area contributed by atoms with E-state index in [1.54, 1.807) is 0 Å². The molecule has 2 aliphatic rings. The minimum atomic E-state index is 0.375. The van der Waals surface area contributed by atoms with Crippen LogP contribution in [-0.4, -0.2) is 34.1 Å². The topological polar surface area (TPSA) is 92.0 Å². The van der Waals surface area contributed by atoms with E-state index in [4.69, 9.17) is 5.84 Å². The van der Waals surface area contributed by atoms with E-state index >= 15 is 0 Å². The van der Waals surface area contributed by atoms with Crippen LogP contribution in [0.5, 0.6) is 0 Å². The highest BCUT2D eigenvalue weighted by atomic mass is 15.4. The zero-order chi connectivity index (χ0) is 14.7. The van der Waals surface area contributed by atoms with Crippen molar-refractivity contribution in [3.8, 4) is 0 Å². The maximum Gasteiger partial charge on any atom is 0.243 e. The van der Waals surface area contributed by atoms with Crippen LogP contribution >= 0.6 is 0 Å². The van der Waals surface area contributed by atoms with Crippen molar-refractivity contribution in [2.75, 3.05) is 28.7 Å². The lowest BCUT2D eigenvalue weighted by Gasteiger charge is -2.27. The number of nitrogen functional groups attached to an aromatic ring is 1. The van der Waals surface area contributed by atoms with Gasteiger partial charge in [-0.05, 0) is 38.5 Å². The fourth-order valence-electron chi connectivity index (χ4n) is 2.86. The molecule has 1 aliphatic heterocycles. The largest absolute Gasteiger partial charge is 0.352 e. The van der Waals surface area contributed by atoms with Crippen molar-refractivity contribution in [2.45, 2.75) is 51.5 Å². The molecule has 0 spiro atoms. The van der Waals surface area contributed by atoms with Crippen molar-refractivity contribution in [1.82, 2.24) is 15.0 Å². The van der Waals surface area contributed by atoms with E-state index in [9.17, 15) is 0 Å². The highest BCUT2D eigenvalue weighted by molar-refractivity contribution is 5.43. The molecular weight excluding hydrogens is 266 g/mol. The van der Waals surface area contributed by atoms with Gasteiger partial charge >= 0.3 is 0 Å². The fourth-order valence-corrected chi connectivity index (χ4v) is 2.86. The highest BCUT2D eigenvalue weighted by Crippen LogP contribution is 2.34. The molecule has 1 unspecified atom stereocenters. The van der Waals surface area contributed by atoms with Gasteiger partial charge in [0, 0.05) is 19.1 Å². The van der Waals surface area contributed by atoms with Gasteiger partial charge in [-0.15, -0.1) is 0 Å². The Morgan fingerprint density at radius 1 is 1.14 bits per heavy atom. The molecule has 0 radical (unpaired) electrons. The SMILES string of the molecule is CC(CC1CC1)Nc1nc(NN)nc(N2CCCCC2)n1. The molecule has 1 aromatic rings. The summed E-state index contributed by atoms with van der Waals surface area (Å²) in [6.45, 7) is 4.19. The number of hydrogen-bond donors (Lipinski definition) is 3. The third-order valence-corrected chi connectivity index (χ3v) is 4.15. The number of hydrazine groups is 1. The lowest BCUT2D eigenvalue weighted by molar-refractivity contribution is 0.567. The van der Waals surface area contributed by atoms with Crippen LogP contribution in [0.15, 0.2) is 0 Å². The second-order valence-electron chi connectivity index (χ2n) is 6.20. The van der Waals surface area contributed by atoms with Gasteiger partial charge in [-0.1, -0.05) is 12.8 Å². The summed E-state index contributed by atoms with van der Waals surface area (Å²) in [4.78, 5) is 15.5. The van der Waals surface area contributed by atoms with E-state index < -0.39 is 0 Å². The average molecular weight is 291 g/mol. The van der Waals surface area contributed by atoms with E-state index in [0.29, 0.717) is 17.9 Å². The Morgan fingerprint density at radius 2 is 1.86 bits per heavy atom. The van der Waals surface area contributed by atoms with Crippen LogP contribution < -0.4 is 21.5 Å². The van der Waals surface area contributed by atoms with Crippen LogP contribution in [0.25, 0.3) is 0 Å². The summed E-state index contributed by atoms with van der Waals surface area (Å²) in [5, 5.41) is 3.38. The molecule has 4 N–H and O–H groups in total. The Morgan fingerprint density at radius 3 is 2.52 bits per heavy atom. The maximum absolute atomic E-state index is 5.49. The van der Waals surface area contributed by atoms with Crippen molar-refractivity contribution in [3.05, 3.63) is 0 Å². The van der Waals surface area contributed by atoms with Gasteiger partial charge in [0.25, 0.3) is 0 Å². The van der Waals surface area contributed by atoms with Crippen molar-refractivity contribution in [1.29, 1.82) is 0 Å². The molecule has 3 rings (SSSR count). The molecule has 1 aromatic heterocycles. The molecule has 1 saturated heterocycles. The standard InChI is InChI=1S/C14H25N7/c1-10(9-11-5-6-11)16-12-17-13(20-15)19-14(18-12)21-7-3-2-4-8-21/h10-11H,2-9,15H2,1H3,(H2,16,17,18,19,20). The van der Waals surface area contributed by atoms with Gasteiger partial charge in [-0.3, -0.25) is 5.43 Å². The van der Waals surface area contributed by atoms with E-state index in [2.05, 4.69) is 37.5 Å². The van der Waals surface area contributed by atoms with Crippen LogP contribution in [0.1, 0.15) is 45.4 Å². The number of piperidine rings is 1. The molecule has 0 aromatic carbocycles. The Hall–Kier alpha value is -1.63. The van der Waals surface area contributed by atoms with Crippen molar-refractivity contribution >= 4 is 17.8 Å². The Kier molecular flexibility index (Phi) is 4.38. The average Bonchev–Trinajstić information content (AvgIpc) is 3.31. The minimum Gasteiger partial charge on any atom is -0.352 e. The van der Waals surface area contributed by atoms with Crippen molar-refractivity contribution in [2.24, 2.45) is 11.8 Å². The minimum absolute atomic E-state index is 0.375. The molecule has 2 heterocycles. The van der Waals surface area contributed by atoms with Crippen molar-refractivity contribution in [3.63, 3.8) is 0 Å². The smallest absolute Gasteiger partial charge is 0.243 e.